The van der Waals surface area contributed by atoms with E-state index in [4.69, 9.17) is 5.11 Å². The molecule has 3 heteroatoms. The van der Waals surface area contributed by atoms with Crippen molar-refractivity contribution in [2.75, 3.05) is 6.61 Å². The Kier molecular flexibility index (Phi) is 4.98. The third-order valence-electron chi connectivity index (χ3n) is 4.65. The van der Waals surface area contributed by atoms with Crippen molar-refractivity contribution in [3.8, 4) is 0 Å². The second-order valence-corrected chi connectivity index (χ2v) is 11.2. The van der Waals surface area contributed by atoms with Gasteiger partial charge in [-0.05, 0) is 49.7 Å². The minimum absolute atomic E-state index is 0.00225. The van der Waals surface area contributed by atoms with E-state index in [9.17, 15) is 4.80 Å². The second-order valence-electron chi connectivity index (χ2n) is 6.75. The highest BCUT2D eigenvalue weighted by atomic mass is 28.4. The van der Waals surface area contributed by atoms with Crippen LogP contribution in [0.25, 0.3) is 0 Å². The molecule has 2 N–H and O–H groups in total. The Morgan fingerprint density at radius 1 is 1.39 bits per heavy atom. The van der Waals surface area contributed by atoms with Crippen molar-refractivity contribution in [2.45, 2.75) is 57.7 Å². The molecular formula is C15H28O2Si. The Hall–Kier alpha value is -0.383. The molecule has 1 fully saturated rings. The fraction of sp³-hybridized carbons (Fsp3) is 0.733. The molecule has 0 heterocycles. The van der Waals surface area contributed by atoms with Crippen LogP contribution < -0.4 is 0 Å². The molecule has 0 bridgehead atoms. The first-order valence-electron chi connectivity index (χ1n) is 6.86. The zero-order valence-corrected chi connectivity index (χ0v) is 13.3. The standard InChI is InChI=1S/C15H28O2Si/c1-12-6-7-13(8-9-16)10-14(12)11-15(2,3)18(4,5)17/h8,14,16-17H,1,6-7,9-11H2,2-5H3/b13-8-/t14-/m0/s1. The highest BCUT2D eigenvalue weighted by Crippen LogP contribution is 2.46. The molecule has 0 aliphatic heterocycles. The molecule has 1 aliphatic carbocycles. The van der Waals surface area contributed by atoms with Gasteiger partial charge in [0, 0.05) is 0 Å². The van der Waals surface area contributed by atoms with E-state index < -0.39 is 8.32 Å². The molecule has 18 heavy (non-hydrogen) atoms. The van der Waals surface area contributed by atoms with Crippen molar-refractivity contribution in [3.63, 3.8) is 0 Å². The van der Waals surface area contributed by atoms with Gasteiger partial charge in [-0.3, -0.25) is 0 Å². The van der Waals surface area contributed by atoms with Crippen molar-refractivity contribution in [3.05, 3.63) is 23.8 Å². The van der Waals surface area contributed by atoms with Crippen LogP contribution in [0.2, 0.25) is 18.1 Å². The first kappa shape index (κ1) is 15.7. The summed E-state index contributed by atoms with van der Waals surface area (Å²) in [7, 11) is -2.15. The minimum Gasteiger partial charge on any atom is -0.432 e. The van der Waals surface area contributed by atoms with Crippen LogP contribution in [-0.2, 0) is 0 Å². The van der Waals surface area contributed by atoms with Crippen LogP contribution >= 0.6 is 0 Å². The van der Waals surface area contributed by atoms with E-state index in [2.05, 4.69) is 20.4 Å². The number of hydrogen-bond donors (Lipinski definition) is 2. The molecular weight excluding hydrogens is 240 g/mol. The molecule has 0 radical (unpaired) electrons. The van der Waals surface area contributed by atoms with Crippen LogP contribution in [0.15, 0.2) is 23.8 Å². The molecule has 0 unspecified atom stereocenters. The monoisotopic (exact) mass is 268 g/mol. The van der Waals surface area contributed by atoms with Gasteiger partial charge in [-0.1, -0.05) is 37.6 Å². The minimum atomic E-state index is -2.15. The fourth-order valence-electron chi connectivity index (χ4n) is 2.48. The van der Waals surface area contributed by atoms with Gasteiger partial charge in [0.05, 0.1) is 6.61 Å². The summed E-state index contributed by atoms with van der Waals surface area (Å²) < 4.78 is 0. The van der Waals surface area contributed by atoms with E-state index in [1.807, 2.05) is 19.2 Å². The highest BCUT2D eigenvalue weighted by molar-refractivity contribution is 6.72. The normalized spacial score (nSPS) is 24.7. The van der Waals surface area contributed by atoms with Crippen molar-refractivity contribution in [1.82, 2.24) is 0 Å². The molecule has 104 valence electrons. The Labute approximate surface area is 113 Å². The van der Waals surface area contributed by atoms with Crippen LogP contribution in [0, 0.1) is 5.92 Å². The predicted molar refractivity (Wildman–Crippen MR) is 80.0 cm³/mol. The first-order valence-corrected chi connectivity index (χ1v) is 9.81. The number of aliphatic hydroxyl groups is 1. The average molecular weight is 268 g/mol. The van der Waals surface area contributed by atoms with Gasteiger partial charge in [0.2, 0.25) is 0 Å². The molecule has 1 aliphatic rings. The fourth-order valence-corrected chi connectivity index (χ4v) is 3.23. The zero-order valence-electron chi connectivity index (χ0n) is 12.3. The van der Waals surface area contributed by atoms with Gasteiger partial charge < -0.3 is 9.90 Å². The lowest BCUT2D eigenvalue weighted by molar-refractivity contribution is 0.338. The van der Waals surface area contributed by atoms with Crippen LogP contribution in [0.4, 0.5) is 0 Å². The summed E-state index contributed by atoms with van der Waals surface area (Å²) in [6.45, 7) is 12.7. The molecule has 1 saturated carbocycles. The number of rotatable bonds is 4. The van der Waals surface area contributed by atoms with Gasteiger partial charge in [0.25, 0.3) is 0 Å². The molecule has 0 saturated heterocycles. The van der Waals surface area contributed by atoms with Crippen LogP contribution in [0.3, 0.4) is 0 Å². The summed E-state index contributed by atoms with van der Waals surface area (Å²) in [5, 5.41) is 9.00. The van der Waals surface area contributed by atoms with Crippen LogP contribution in [0.1, 0.15) is 39.5 Å². The van der Waals surface area contributed by atoms with Crippen molar-refractivity contribution in [1.29, 1.82) is 0 Å². The van der Waals surface area contributed by atoms with E-state index in [0.29, 0.717) is 5.92 Å². The Morgan fingerprint density at radius 2 is 2.00 bits per heavy atom. The van der Waals surface area contributed by atoms with E-state index >= 15 is 0 Å². The summed E-state index contributed by atoms with van der Waals surface area (Å²) in [6, 6.07) is 0. The largest absolute Gasteiger partial charge is 0.432 e. The topological polar surface area (TPSA) is 40.5 Å². The summed E-state index contributed by atoms with van der Waals surface area (Å²) in [5.74, 6) is 0.463. The van der Waals surface area contributed by atoms with Crippen LogP contribution in [0.5, 0.6) is 0 Å². The SMILES string of the molecule is C=C1CC/C(=C/CO)C[C@H]1CC(C)(C)[Si](C)(C)O. The first-order chi connectivity index (χ1) is 8.17. The van der Waals surface area contributed by atoms with Gasteiger partial charge in [-0.2, -0.15) is 0 Å². The molecule has 0 amide bonds. The second kappa shape index (κ2) is 5.72. The van der Waals surface area contributed by atoms with E-state index in [0.717, 1.165) is 25.7 Å². The predicted octanol–water partition coefficient (Wildman–Crippen LogP) is 3.63. The van der Waals surface area contributed by atoms with Gasteiger partial charge >= 0.3 is 0 Å². The van der Waals surface area contributed by atoms with E-state index in [1.54, 1.807) is 0 Å². The maximum atomic E-state index is 10.4. The van der Waals surface area contributed by atoms with Crippen molar-refractivity contribution < 1.29 is 9.90 Å². The lowest BCUT2D eigenvalue weighted by atomic mass is 9.77. The van der Waals surface area contributed by atoms with Crippen molar-refractivity contribution >= 4 is 8.32 Å². The summed E-state index contributed by atoms with van der Waals surface area (Å²) in [6.07, 6.45) is 6.02. The van der Waals surface area contributed by atoms with Gasteiger partial charge in [0.15, 0.2) is 8.32 Å². The molecule has 0 aromatic carbocycles. The maximum absolute atomic E-state index is 10.4. The molecule has 0 aromatic rings. The highest BCUT2D eigenvalue weighted by Gasteiger charge is 2.40. The zero-order chi connectivity index (χ0) is 14.0. The Bertz CT molecular complexity index is 337. The Balaban J connectivity index is 2.76. The number of allylic oxidation sites excluding steroid dienone is 2. The third kappa shape index (κ3) is 3.80. The van der Waals surface area contributed by atoms with E-state index in [1.165, 1.54) is 11.1 Å². The van der Waals surface area contributed by atoms with Crippen molar-refractivity contribution in [2.24, 2.45) is 5.92 Å². The summed E-state index contributed by atoms with van der Waals surface area (Å²) >= 11 is 0. The average Bonchev–Trinajstić information content (AvgIpc) is 2.21. The number of aliphatic hydroxyl groups excluding tert-OH is 1. The maximum Gasteiger partial charge on any atom is 0.188 e. The smallest absolute Gasteiger partial charge is 0.188 e. The summed E-state index contributed by atoms with van der Waals surface area (Å²) in [4.78, 5) is 10.4. The molecule has 1 rings (SSSR count). The lowest BCUT2D eigenvalue weighted by Gasteiger charge is -2.40. The number of hydrogen-bond acceptors (Lipinski definition) is 2. The summed E-state index contributed by atoms with van der Waals surface area (Å²) in [5.41, 5.74) is 2.67. The quantitative estimate of drug-likeness (QED) is 0.604. The molecule has 1 atom stereocenters. The van der Waals surface area contributed by atoms with Gasteiger partial charge in [-0.25, -0.2) is 0 Å². The molecule has 2 nitrogen and oxygen atoms in total. The Morgan fingerprint density at radius 3 is 2.50 bits per heavy atom. The van der Waals surface area contributed by atoms with Gasteiger partial charge in [-0.15, -0.1) is 0 Å². The van der Waals surface area contributed by atoms with Gasteiger partial charge in [0.1, 0.15) is 0 Å². The van der Waals surface area contributed by atoms with E-state index in [-0.39, 0.29) is 11.6 Å². The lowest BCUT2D eigenvalue weighted by Crippen LogP contribution is -2.40. The molecule has 0 spiro atoms. The molecule has 0 aromatic heterocycles. The third-order valence-corrected chi connectivity index (χ3v) is 8.16. The van der Waals surface area contributed by atoms with Crippen LogP contribution in [-0.4, -0.2) is 24.8 Å².